The molecule has 1 saturated carbocycles. The normalized spacial score (nSPS) is 18.1. The Bertz CT molecular complexity index is 1520. The zero-order valence-electron chi connectivity index (χ0n) is 21.4. The molecule has 2 N–H and O–H groups in total. The number of nitrogens with zero attached hydrogens (tertiary/aromatic N) is 1. The third-order valence-electron chi connectivity index (χ3n) is 7.22. The molecule has 0 aliphatic heterocycles. The lowest BCUT2D eigenvalue weighted by Crippen LogP contribution is -2.29. The van der Waals surface area contributed by atoms with E-state index >= 15 is 0 Å². The van der Waals surface area contributed by atoms with Crippen LogP contribution in [0.5, 0.6) is 0 Å². The van der Waals surface area contributed by atoms with Crippen LogP contribution in [0, 0.1) is 17.7 Å². The van der Waals surface area contributed by atoms with Gasteiger partial charge in [0.05, 0.1) is 10.4 Å². The Balaban J connectivity index is 0.000000298. The Hall–Kier alpha value is -3.33. The van der Waals surface area contributed by atoms with Gasteiger partial charge in [-0.05, 0) is 104 Å². The highest BCUT2D eigenvalue weighted by atomic mass is 35.5. The van der Waals surface area contributed by atoms with Crippen molar-refractivity contribution in [1.82, 2.24) is 4.98 Å². The fraction of sp³-hybridized carbons (Fsp3) is 0.267. The highest BCUT2D eigenvalue weighted by Gasteiger charge is 2.30. The molecule has 0 saturated heterocycles. The number of pyridine rings is 1. The van der Waals surface area contributed by atoms with Gasteiger partial charge in [0.2, 0.25) is 5.91 Å². The van der Waals surface area contributed by atoms with E-state index in [9.17, 15) is 17.6 Å². The fourth-order valence-electron chi connectivity index (χ4n) is 5.02. The highest BCUT2D eigenvalue weighted by Crippen LogP contribution is 2.41. The predicted octanol–water partition coefficient (Wildman–Crippen LogP) is 7.51. The summed E-state index contributed by atoms with van der Waals surface area (Å²) >= 11 is 5.90. The molecular weight excluding hydrogens is 539 g/mol. The van der Waals surface area contributed by atoms with Crippen LogP contribution >= 0.6 is 11.6 Å². The number of benzene rings is 3. The van der Waals surface area contributed by atoms with E-state index in [2.05, 4.69) is 10.3 Å². The topological polar surface area (TPSA) is 96.4 Å². The second-order valence-electron chi connectivity index (χ2n) is 9.75. The summed E-state index contributed by atoms with van der Waals surface area (Å²) in [7, 11) is -4.00. The number of fused-ring (bicyclic) bond motifs is 1. The largest absolute Gasteiger partial charge is 0.326 e. The molecular formula is C30H30ClFN2O4S. The van der Waals surface area contributed by atoms with E-state index < -0.39 is 10.1 Å². The van der Waals surface area contributed by atoms with Gasteiger partial charge < -0.3 is 5.32 Å². The van der Waals surface area contributed by atoms with Crippen molar-refractivity contribution >= 4 is 44.2 Å². The molecule has 1 aromatic heterocycles. The van der Waals surface area contributed by atoms with Crippen molar-refractivity contribution < 1.29 is 22.2 Å². The van der Waals surface area contributed by atoms with Crippen LogP contribution in [0.4, 0.5) is 10.1 Å². The van der Waals surface area contributed by atoms with E-state index in [-0.39, 0.29) is 22.5 Å². The van der Waals surface area contributed by atoms with E-state index in [4.69, 9.17) is 16.2 Å². The molecule has 204 valence electrons. The minimum absolute atomic E-state index is 0.0483. The van der Waals surface area contributed by atoms with Crippen LogP contribution < -0.4 is 5.32 Å². The number of rotatable bonds is 5. The summed E-state index contributed by atoms with van der Waals surface area (Å²) in [6, 6.07) is 21.4. The van der Waals surface area contributed by atoms with Crippen molar-refractivity contribution in [2.75, 3.05) is 5.32 Å². The van der Waals surface area contributed by atoms with E-state index in [1.807, 2.05) is 31.3 Å². The Morgan fingerprint density at radius 3 is 2.28 bits per heavy atom. The summed E-state index contributed by atoms with van der Waals surface area (Å²) in [5, 5.41) is 4.55. The maximum atomic E-state index is 13.8. The summed E-state index contributed by atoms with van der Waals surface area (Å²) in [5.74, 6) is 0.492. The number of nitrogens with one attached hydrogen (secondary N) is 1. The van der Waals surface area contributed by atoms with E-state index in [1.54, 1.807) is 42.5 Å². The molecule has 3 aromatic carbocycles. The first-order chi connectivity index (χ1) is 18.6. The van der Waals surface area contributed by atoms with Gasteiger partial charge in [-0.3, -0.25) is 14.3 Å². The van der Waals surface area contributed by atoms with Crippen molar-refractivity contribution in [3.63, 3.8) is 0 Å². The summed E-state index contributed by atoms with van der Waals surface area (Å²) in [4.78, 5) is 17.0. The molecule has 1 aliphatic carbocycles. The molecule has 1 aliphatic rings. The third kappa shape index (κ3) is 7.62. The number of anilines is 1. The fourth-order valence-corrected chi connectivity index (χ4v) is 5.65. The van der Waals surface area contributed by atoms with Crippen LogP contribution in [0.3, 0.4) is 0 Å². The SMILES string of the molecule is C[C@@H](C(=O)Nc1ccc(Cl)cc1)C1CCC(c2ccnc3ccc(F)cc23)CC1.O=S(=O)(O)c1ccccc1. The van der Waals surface area contributed by atoms with Gasteiger partial charge in [-0.15, -0.1) is 0 Å². The second kappa shape index (κ2) is 12.7. The molecule has 4 aromatic rings. The van der Waals surface area contributed by atoms with Crippen molar-refractivity contribution in [3.8, 4) is 0 Å². The third-order valence-corrected chi connectivity index (χ3v) is 8.34. The lowest BCUT2D eigenvalue weighted by Gasteiger charge is -2.32. The molecule has 1 amide bonds. The van der Waals surface area contributed by atoms with Gasteiger partial charge in [-0.25, -0.2) is 4.39 Å². The standard InChI is InChI=1S/C24H24ClFN2O.C6H6O3S/c1-15(24(29)28-20-9-6-18(25)7-10-20)16-2-4-17(5-3-16)21-12-13-27-23-11-8-19(26)14-22(21)23;7-10(8,9)6-4-2-1-3-5-6/h6-17H,2-5H2,1H3,(H,28,29);1-5H,(H,7,8,9)/t15-,16?,17?;/m1./s1. The van der Waals surface area contributed by atoms with E-state index in [1.165, 1.54) is 23.8 Å². The van der Waals surface area contributed by atoms with Crippen LogP contribution in [0.25, 0.3) is 10.9 Å². The molecule has 0 spiro atoms. The minimum Gasteiger partial charge on any atom is -0.326 e. The van der Waals surface area contributed by atoms with Crippen LogP contribution in [0.1, 0.15) is 44.1 Å². The van der Waals surface area contributed by atoms with Gasteiger partial charge in [0.25, 0.3) is 10.1 Å². The number of hydrogen-bond acceptors (Lipinski definition) is 4. The summed E-state index contributed by atoms with van der Waals surface area (Å²) in [6.07, 6.45) is 5.78. The number of halogens is 2. The van der Waals surface area contributed by atoms with Gasteiger partial charge >= 0.3 is 0 Å². The summed E-state index contributed by atoms with van der Waals surface area (Å²) in [6.45, 7) is 2.01. The summed E-state index contributed by atoms with van der Waals surface area (Å²) in [5.41, 5.74) is 2.78. The number of aromatic nitrogens is 1. The van der Waals surface area contributed by atoms with Gasteiger partial charge in [0.15, 0.2) is 0 Å². The molecule has 1 atom stereocenters. The molecule has 0 bridgehead atoms. The molecule has 6 nitrogen and oxygen atoms in total. The molecule has 1 fully saturated rings. The van der Waals surface area contributed by atoms with E-state index in [0.29, 0.717) is 16.9 Å². The average molecular weight is 569 g/mol. The maximum Gasteiger partial charge on any atom is 0.294 e. The molecule has 0 radical (unpaired) electrons. The first-order valence-electron chi connectivity index (χ1n) is 12.7. The number of amides is 1. The maximum absolute atomic E-state index is 13.8. The Morgan fingerprint density at radius 1 is 1.00 bits per heavy atom. The molecule has 9 heteroatoms. The van der Waals surface area contributed by atoms with E-state index in [0.717, 1.165) is 42.3 Å². The number of hydrogen-bond donors (Lipinski definition) is 2. The van der Waals surface area contributed by atoms with Crippen molar-refractivity contribution in [2.24, 2.45) is 11.8 Å². The molecule has 5 rings (SSSR count). The van der Waals surface area contributed by atoms with Crippen molar-refractivity contribution in [1.29, 1.82) is 0 Å². The monoisotopic (exact) mass is 568 g/mol. The van der Waals surface area contributed by atoms with Crippen molar-refractivity contribution in [2.45, 2.75) is 43.4 Å². The Kier molecular flexibility index (Phi) is 9.32. The molecule has 0 unspecified atom stereocenters. The Morgan fingerprint density at radius 2 is 1.67 bits per heavy atom. The average Bonchev–Trinajstić information content (AvgIpc) is 2.94. The molecule has 39 heavy (non-hydrogen) atoms. The minimum atomic E-state index is -4.00. The van der Waals surface area contributed by atoms with Crippen LogP contribution in [0.15, 0.2) is 90.0 Å². The first kappa shape index (κ1) is 28.7. The van der Waals surface area contributed by atoms with Gasteiger partial charge in [-0.1, -0.05) is 36.7 Å². The van der Waals surface area contributed by atoms with Crippen LogP contribution in [-0.4, -0.2) is 23.9 Å². The lowest BCUT2D eigenvalue weighted by atomic mass is 9.73. The highest BCUT2D eigenvalue weighted by molar-refractivity contribution is 7.85. The van der Waals surface area contributed by atoms with Gasteiger partial charge in [-0.2, -0.15) is 8.42 Å². The van der Waals surface area contributed by atoms with Crippen LogP contribution in [-0.2, 0) is 14.9 Å². The van der Waals surface area contributed by atoms with Crippen molar-refractivity contribution in [3.05, 3.63) is 101 Å². The lowest BCUT2D eigenvalue weighted by molar-refractivity contribution is -0.121. The summed E-state index contributed by atoms with van der Waals surface area (Å²) < 4.78 is 43.0. The zero-order chi connectivity index (χ0) is 28.0. The number of carbonyl (C=O) groups is 1. The van der Waals surface area contributed by atoms with Gasteiger partial charge in [0, 0.05) is 28.2 Å². The smallest absolute Gasteiger partial charge is 0.294 e. The zero-order valence-corrected chi connectivity index (χ0v) is 23.0. The predicted molar refractivity (Wildman–Crippen MR) is 152 cm³/mol. The second-order valence-corrected chi connectivity index (χ2v) is 11.6. The quantitative estimate of drug-likeness (QED) is 0.243. The number of carbonyl (C=O) groups excluding carboxylic acids is 1. The Labute approximate surface area is 233 Å². The first-order valence-corrected chi connectivity index (χ1v) is 14.6. The van der Waals surface area contributed by atoms with Crippen LogP contribution in [0.2, 0.25) is 5.02 Å². The van der Waals surface area contributed by atoms with Gasteiger partial charge in [0.1, 0.15) is 5.82 Å². The molecule has 1 heterocycles.